The Bertz CT molecular complexity index is 955. The quantitative estimate of drug-likeness (QED) is 0.616. The van der Waals surface area contributed by atoms with Gasteiger partial charge in [-0.25, -0.2) is 8.42 Å². The zero-order valence-electron chi connectivity index (χ0n) is 13.8. The Kier molecular flexibility index (Phi) is 5.11. The van der Waals surface area contributed by atoms with Crippen LogP contribution in [0.2, 0.25) is 5.02 Å². The number of hydrogen-bond donors (Lipinski definition) is 0. The summed E-state index contributed by atoms with van der Waals surface area (Å²) in [6, 6.07) is 23.5. The van der Waals surface area contributed by atoms with Crippen LogP contribution in [0, 0.1) is 0 Å². The van der Waals surface area contributed by atoms with Gasteiger partial charge in [0.2, 0.25) is 0 Å². The third kappa shape index (κ3) is 3.55. The summed E-state index contributed by atoms with van der Waals surface area (Å²) in [6.07, 6.45) is 0. The van der Waals surface area contributed by atoms with Crippen molar-refractivity contribution in [3.8, 4) is 11.1 Å². The van der Waals surface area contributed by atoms with Crippen LogP contribution in [0.15, 0.2) is 83.8 Å². The van der Waals surface area contributed by atoms with Gasteiger partial charge in [-0.15, -0.1) is 0 Å². The third-order valence-corrected chi connectivity index (χ3v) is 6.10. The van der Waals surface area contributed by atoms with Crippen molar-refractivity contribution >= 4 is 27.3 Å². The van der Waals surface area contributed by atoms with Crippen LogP contribution in [0.5, 0.6) is 0 Å². The van der Waals surface area contributed by atoms with Crippen molar-refractivity contribution in [3.63, 3.8) is 0 Å². The molecule has 3 aromatic carbocycles. The van der Waals surface area contributed by atoms with Crippen molar-refractivity contribution in [1.82, 2.24) is 0 Å². The van der Waals surface area contributed by atoms with Crippen molar-refractivity contribution < 1.29 is 8.42 Å². The zero-order valence-corrected chi connectivity index (χ0v) is 15.3. The average Bonchev–Trinajstić information content (AvgIpc) is 2.64. The standard InChI is InChI=1S/C20H18ClNO2S/c1-2-22(25(23,24)18-14-12-17(21)13-15-18)20-11-7-6-10-19(20)16-8-4-3-5-9-16/h3-15H,2H2,1H3. The SMILES string of the molecule is CCN(c1ccccc1-c1ccccc1)S(=O)(=O)c1ccc(Cl)cc1. The van der Waals surface area contributed by atoms with Gasteiger partial charge in [0.05, 0.1) is 10.6 Å². The first-order chi connectivity index (χ1) is 12.0. The molecule has 25 heavy (non-hydrogen) atoms. The van der Waals surface area contributed by atoms with E-state index in [0.717, 1.165) is 11.1 Å². The van der Waals surface area contributed by atoms with Crippen LogP contribution >= 0.6 is 11.6 Å². The average molecular weight is 372 g/mol. The van der Waals surface area contributed by atoms with Gasteiger partial charge in [0.1, 0.15) is 0 Å². The van der Waals surface area contributed by atoms with Crippen molar-refractivity contribution in [2.45, 2.75) is 11.8 Å². The number of nitrogens with zero attached hydrogens (tertiary/aromatic N) is 1. The van der Waals surface area contributed by atoms with Crippen LogP contribution < -0.4 is 4.31 Å². The van der Waals surface area contributed by atoms with E-state index in [2.05, 4.69) is 0 Å². The molecule has 128 valence electrons. The van der Waals surface area contributed by atoms with Gasteiger partial charge in [-0.1, -0.05) is 60.1 Å². The normalized spacial score (nSPS) is 11.3. The highest BCUT2D eigenvalue weighted by Crippen LogP contribution is 2.34. The van der Waals surface area contributed by atoms with E-state index in [1.807, 2.05) is 61.5 Å². The maximum absolute atomic E-state index is 13.1. The van der Waals surface area contributed by atoms with Gasteiger partial charge < -0.3 is 0 Å². The molecular weight excluding hydrogens is 354 g/mol. The minimum atomic E-state index is -3.68. The fourth-order valence-corrected chi connectivity index (χ4v) is 4.38. The van der Waals surface area contributed by atoms with E-state index >= 15 is 0 Å². The Labute approximate surface area is 153 Å². The summed E-state index contributed by atoms with van der Waals surface area (Å²) in [5, 5.41) is 0.506. The lowest BCUT2D eigenvalue weighted by molar-refractivity contribution is 0.592. The summed E-state index contributed by atoms with van der Waals surface area (Å²) >= 11 is 5.89. The van der Waals surface area contributed by atoms with E-state index in [-0.39, 0.29) is 4.90 Å². The van der Waals surface area contributed by atoms with Crippen molar-refractivity contribution in [2.75, 3.05) is 10.8 Å². The first-order valence-electron chi connectivity index (χ1n) is 7.97. The van der Waals surface area contributed by atoms with E-state index in [1.54, 1.807) is 12.1 Å². The number of rotatable bonds is 5. The van der Waals surface area contributed by atoms with E-state index in [0.29, 0.717) is 17.3 Å². The van der Waals surface area contributed by atoms with Gasteiger partial charge in [-0.2, -0.15) is 0 Å². The predicted octanol–water partition coefficient (Wildman–Crippen LogP) is 5.22. The molecule has 3 rings (SSSR count). The molecular formula is C20H18ClNO2S. The molecule has 0 unspecified atom stereocenters. The van der Waals surface area contributed by atoms with Crippen LogP contribution in [0.3, 0.4) is 0 Å². The molecule has 0 saturated heterocycles. The Balaban J connectivity index is 2.12. The van der Waals surface area contributed by atoms with Crippen LogP contribution in [-0.4, -0.2) is 15.0 Å². The zero-order chi connectivity index (χ0) is 17.9. The highest BCUT2D eigenvalue weighted by atomic mass is 35.5. The molecule has 0 amide bonds. The van der Waals surface area contributed by atoms with Crippen LogP contribution in [-0.2, 0) is 10.0 Å². The van der Waals surface area contributed by atoms with Crippen LogP contribution in [0.1, 0.15) is 6.92 Å². The summed E-state index contributed by atoms with van der Waals surface area (Å²) in [4.78, 5) is 0.224. The number of benzene rings is 3. The molecule has 0 bridgehead atoms. The monoisotopic (exact) mass is 371 g/mol. The van der Waals surface area contributed by atoms with Gasteiger partial charge in [0.15, 0.2) is 0 Å². The molecule has 3 nitrogen and oxygen atoms in total. The molecule has 0 fully saturated rings. The Hall–Kier alpha value is -2.30. The van der Waals surface area contributed by atoms with E-state index in [1.165, 1.54) is 16.4 Å². The highest BCUT2D eigenvalue weighted by Gasteiger charge is 2.25. The summed E-state index contributed by atoms with van der Waals surface area (Å²) in [6.45, 7) is 2.16. The van der Waals surface area contributed by atoms with Gasteiger partial charge in [0, 0.05) is 17.1 Å². The first-order valence-corrected chi connectivity index (χ1v) is 9.78. The number of hydrogen-bond acceptors (Lipinski definition) is 2. The molecule has 0 spiro atoms. The van der Waals surface area contributed by atoms with E-state index in [9.17, 15) is 8.42 Å². The minimum Gasteiger partial charge on any atom is -0.266 e. The smallest absolute Gasteiger partial charge is 0.264 e. The lowest BCUT2D eigenvalue weighted by Crippen LogP contribution is -2.31. The summed E-state index contributed by atoms with van der Waals surface area (Å²) in [5.74, 6) is 0. The second-order valence-electron chi connectivity index (χ2n) is 5.51. The van der Waals surface area contributed by atoms with Gasteiger partial charge >= 0.3 is 0 Å². The maximum atomic E-state index is 13.1. The second-order valence-corrected chi connectivity index (χ2v) is 7.81. The molecule has 0 aromatic heterocycles. The Morgan fingerprint density at radius 2 is 1.44 bits per heavy atom. The predicted molar refractivity (Wildman–Crippen MR) is 104 cm³/mol. The second kappa shape index (κ2) is 7.30. The largest absolute Gasteiger partial charge is 0.266 e. The van der Waals surface area contributed by atoms with E-state index in [4.69, 9.17) is 11.6 Å². The Morgan fingerprint density at radius 3 is 2.08 bits per heavy atom. The molecule has 0 heterocycles. The Morgan fingerprint density at radius 1 is 0.840 bits per heavy atom. The summed E-state index contributed by atoms with van der Waals surface area (Å²) in [5.41, 5.74) is 2.51. The third-order valence-electron chi connectivity index (χ3n) is 3.95. The number of sulfonamides is 1. The number of anilines is 1. The molecule has 5 heteroatoms. The minimum absolute atomic E-state index is 0.224. The molecule has 0 saturated carbocycles. The maximum Gasteiger partial charge on any atom is 0.264 e. The highest BCUT2D eigenvalue weighted by molar-refractivity contribution is 7.92. The van der Waals surface area contributed by atoms with Crippen LogP contribution in [0.25, 0.3) is 11.1 Å². The lowest BCUT2D eigenvalue weighted by Gasteiger charge is -2.25. The molecule has 0 aliphatic heterocycles. The van der Waals surface area contributed by atoms with Gasteiger partial charge in [-0.3, -0.25) is 4.31 Å². The van der Waals surface area contributed by atoms with Crippen LogP contribution in [0.4, 0.5) is 5.69 Å². The fourth-order valence-electron chi connectivity index (χ4n) is 2.76. The van der Waals surface area contributed by atoms with E-state index < -0.39 is 10.0 Å². The molecule has 0 aliphatic rings. The van der Waals surface area contributed by atoms with Crippen molar-refractivity contribution in [2.24, 2.45) is 0 Å². The lowest BCUT2D eigenvalue weighted by atomic mass is 10.0. The van der Waals surface area contributed by atoms with Gasteiger partial charge in [0.25, 0.3) is 10.0 Å². The molecule has 0 aliphatic carbocycles. The molecule has 0 N–H and O–H groups in total. The molecule has 3 aromatic rings. The number of para-hydroxylation sites is 1. The first kappa shape index (κ1) is 17.5. The number of halogens is 1. The van der Waals surface area contributed by atoms with Crippen molar-refractivity contribution in [3.05, 3.63) is 83.9 Å². The van der Waals surface area contributed by atoms with Crippen molar-refractivity contribution in [1.29, 1.82) is 0 Å². The molecule has 0 radical (unpaired) electrons. The topological polar surface area (TPSA) is 37.4 Å². The summed E-state index contributed by atoms with van der Waals surface area (Å²) < 4.78 is 27.7. The summed E-state index contributed by atoms with van der Waals surface area (Å²) in [7, 11) is -3.68. The fraction of sp³-hybridized carbons (Fsp3) is 0.100. The molecule has 0 atom stereocenters. The van der Waals surface area contributed by atoms with Gasteiger partial charge in [-0.05, 0) is 42.8 Å².